The summed E-state index contributed by atoms with van der Waals surface area (Å²) in [5.74, 6) is 6.16. The van der Waals surface area contributed by atoms with E-state index in [4.69, 9.17) is 0 Å². The van der Waals surface area contributed by atoms with Crippen molar-refractivity contribution in [1.82, 2.24) is 9.80 Å². The molecule has 31 heavy (non-hydrogen) atoms. The van der Waals surface area contributed by atoms with Crippen LogP contribution >= 0.6 is 0 Å². The second kappa shape index (κ2) is 9.23. The number of urea groups is 1. The topological polar surface area (TPSA) is 72.9 Å². The lowest BCUT2D eigenvalue weighted by molar-refractivity contribution is -0.159. The van der Waals surface area contributed by atoms with Gasteiger partial charge in [-0.3, -0.25) is 4.79 Å². The van der Waals surface area contributed by atoms with Gasteiger partial charge in [0.05, 0.1) is 18.7 Å². The number of anilines is 1. The fraction of sp³-hybridized carbons (Fsp3) is 0.360. The van der Waals surface area contributed by atoms with Gasteiger partial charge < -0.3 is 20.2 Å². The number of benzene rings is 2. The first kappa shape index (κ1) is 21.0. The van der Waals surface area contributed by atoms with Crippen LogP contribution in [0, 0.1) is 11.8 Å². The third-order valence-electron chi connectivity index (χ3n) is 5.97. The van der Waals surface area contributed by atoms with E-state index in [1.807, 2.05) is 54.6 Å². The van der Waals surface area contributed by atoms with E-state index in [0.717, 1.165) is 24.0 Å². The molecule has 0 unspecified atom stereocenters. The Hall–Kier alpha value is -3.30. The van der Waals surface area contributed by atoms with Crippen LogP contribution in [0.1, 0.15) is 36.8 Å². The molecule has 0 aliphatic carbocycles. The molecule has 2 N–H and O–H groups in total. The Bertz CT molecular complexity index is 994. The van der Waals surface area contributed by atoms with E-state index in [1.165, 1.54) is 0 Å². The minimum atomic E-state index is -0.285. The predicted octanol–water partition coefficient (Wildman–Crippen LogP) is 3.04. The highest BCUT2D eigenvalue weighted by molar-refractivity contribution is 5.93. The van der Waals surface area contributed by atoms with Gasteiger partial charge in [0.1, 0.15) is 6.54 Å². The minimum Gasteiger partial charge on any atom is -0.394 e. The summed E-state index contributed by atoms with van der Waals surface area (Å²) in [6.45, 7) is 2.46. The fourth-order valence-electron chi connectivity index (χ4n) is 4.46. The van der Waals surface area contributed by atoms with Crippen molar-refractivity contribution in [2.45, 2.75) is 37.8 Å². The second-order valence-electron chi connectivity index (χ2n) is 7.99. The summed E-state index contributed by atoms with van der Waals surface area (Å²) in [4.78, 5) is 28.8. The van der Waals surface area contributed by atoms with Gasteiger partial charge in [-0.25, -0.2) is 4.79 Å². The van der Waals surface area contributed by atoms with Crippen LogP contribution in [0.4, 0.5) is 10.5 Å². The molecule has 0 spiro atoms. The van der Waals surface area contributed by atoms with Gasteiger partial charge in [-0.05, 0) is 36.2 Å². The van der Waals surface area contributed by atoms with Gasteiger partial charge in [-0.1, -0.05) is 49.1 Å². The average Bonchev–Trinajstić information content (AvgIpc) is 2.77. The maximum atomic E-state index is 12.7. The monoisotopic (exact) mass is 417 g/mol. The number of amides is 3. The fourth-order valence-corrected chi connectivity index (χ4v) is 4.46. The molecule has 2 saturated heterocycles. The number of para-hydroxylation sites is 1. The maximum Gasteiger partial charge on any atom is 0.322 e. The molecule has 2 heterocycles. The normalized spacial score (nSPS) is 22.1. The standard InChI is InChI=1S/C25H27N3O3/c1-2-3-5-8-18-11-13-19(14-12-18)24-21-15-27(16-23(30)28(21)22(24)17-29)25(31)26-20-9-6-4-7-10-20/h4,6-7,9-14,21-22,24,29H,2-3,15-17H2,1H3,(H,26,31)/t21-,22+,24+/m1/s1. The first-order valence-corrected chi connectivity index (χ1v) is 10.7. The number of carbonyl (C=O) groups excluding carboxylic acids is 2. The van der Waals surface area contributed by atoms with E-state index in [2.05, 4.69) is 24.1 Å². The average molecular weight is 418 g/mol. The number of aliphatic hydroxyl groups is 1. The summed E-state index contributed by atoms with van der Waals surface area (Å²) in [5.41, 5.74) is 2.71. The molecular weight excluding hydrogens is 390 g/mol. The first-order chi connectivity index (χ1) is 15.1. The van der Waals surface area contributed by atoms with Crippen LogP contribution in [0.2, 0.25) is 0 Å². The highest BCUT2D eigenvalue weighted by Gasteiger charge is 2.54. The van der Waals surface area contributed by atoms with Crippen LogP contribution in [0.25, 0.3) is 0 Å². The summed E-state index contributed by atoms with van der Waals surface area (Å²) < 4.78 is 0. The van der Waals surface area contributed by atoms with E-state index in [-0.39, 0.29) is 43.1 Å². The smallest absolute Gasteiger partial charge is 0.322 e. The molecule has 0 radical (unpaired) electrons. The zero-order chi connectivity index (χ0) is 21.8. The van der Waals surface area contributed by atoms with Crippen molar-refractivity contribution in [3.63, 3.8) is 0 Å². The molecular formula is C25H27N3O3. The van der Waals surface area contributed by atoms with Crippen molar-refractivity contribution in [1.29, 1.82) is 0 Å². The summed E-state index contributed by atoms with van der Waals surface area (Å²) in [5, 5.41) is 12.8. The number of hydrogen-bond acceptors (Lipinski definition) is 3. The number of aliphatic hydroxyl groups excluding tert-OH is 1. The van der Waals surface area contributed by atoms with Crippen molar-refractivity contribution >= 4 is 17.6 Å². The molecule has 2 aromatic carbocycles. The molecule has 3 atom stereocenters. The second-order valence-corrected chi connectivity index (χ2v) is 7.99. The van der Waals surface area contributed by atoms with E-state index < -0.39 is 0 Å². The van der Waals surface area contributed by atoms with E-state index in [9.17, 15) is 14.7 Å². The first-order valence-electron chi connectivity index (χ1n) is 10.7. The molecule has 0 aromatic heterocycles. The third-order valence-corrected chi connectivity index (χ3v) is 5.97. The molecule has 2 aliphatic heterocycles. The molecule has 2 aromatic rings. The summed E-state index contributed by atoms with van der Waals surface area (Å²) >= 11 is 0. The van der Waals surface area contributed by atoms with Crippen LogP contribution in [0.5, 0.6) is 0 Å². The van der Waals surface area contributed by atoms with Gasteiger partial charge in [0.25, 0.3) is 0 Å². The quantitative estimate of drug-likeness (QED) is 0.751. The minimum absolute atomic E-state index is 0.0149. The number of piperazine rings is 1. The number of nitrogens with zero attached hydrogens (tertiary/aromatic N) is 2. The number of unbranched alkanes of at least 4 members (excludes halogenated alkanes) is 1. The number of hydrogen-bond donors (Lipinski definition) is 2. The van der Waals surface area contributed by atoms with Crippen molar-refractivity contribution in [3.05, 3.63) is 65.7 Å². The molecule has 2 aliphatic rings. The molecule has 0 bridgehead atoms. The maximum absolute atomic E-state index is 12.7. The van der Waals surface area contributed by atoms with E-state index >= 15 is 0 Å². The molecule has 6 heteroatoms. The van der Waals surface area contributed by atoms with Crippen LogP contribution in [-0.2, 0) is 4.79 Å². The lowest BCUT2D eigenvalue weighted by atomic mass is 9.73. The molecule has 6 nitrogen and oxygen atoms in total. The lowest BCUT2D eigenvalue weighted by Gasteiger charge is -2.58. The molecule has 0 saturated carbocycles. The van der Waals surface area contributed by atoms with Crippen molar-refractivity contribution in [2.75, 3.05) is 25.0 Å². The van der Waals surface area contributed by atoms with Crippen molar-refractivity contribution in [3.8, 4) is 11.8 Å². The van der Waals surface area contributed by atoms with Gasteiger partial charge in [0, 0.05) is 30.1 Å². The largest absolute Gasteiger partial charge is 0.394 e. The Morgan fingerprint density at radius 1 is 1.16 bits per heavy atom. The number of carbonyl (C=O) groups is 2. The summed E-state index contributed by atoms with van der Waals surface area (Å²) in [6.07, 6.45) is 1.90. The van der Waals surface area contributed by atoms with E-state index in [1.54, 1.807) is 9.80 Å². The Balaban J connectivity index is 1.49. The van der Waals surface area contributed by atoms with Crippen LogP contribution < -0.4 is 5.32 Å². The van der Waals surface area contributed by atoms with E-state index in [0.29, 0.717) is 12.2 Å². The zero-order valence-electron chi connectivity index (χ0n) is 17.6. The van der Waals surface area contributed by atoms with Crippen molar-refractivity contribution < 1.29 is 14.7 Å². The summed E-state index contributed by atoms with van der Waals surface area (Å²) in [7, 11) is 0. The van der Waals surface area contributed by atoms with Gasteiger partial charge >= 0.3 is 6.03 Å². The predicted molar refractivity (Wildman–Crippen MR) is 120 cm³/mol. The van der Waals surface area contributed by atoms with Gasteiger partial charge in [-0.2, -0.15) is 0 Å². The lowest BCUT2D eigenvalue weighted by Crippen LogP contribution is -2.73. The number of rotatable bonds is 4. The Morgan fingerprint density at radius 2 is 1.90 bits per heavy atom. The van der Waals surface area contributed by atoms with Gasteiger partial charge in [0.2, 0.25) is 5.91 Å². The Labute approximate surface area is 182 Å². The number of fused-ring (bicyclic) bond motifs is 1. The highest BCUT2D eigenvalue weighted by Crippen LogP contribution is 2.42. The van der Waals surface area contributed by atoms with Crippen LogP contribution in [-0.4, -0.2) is 58.6 Å². The number of nitrogens with one attached hydrogen (secondary N) is 1. The zero-order valence-corrected chi connectivity index (χ0v) is 17.6. The van der Waals surface area contributed by atoms with Crippen LogP contribution in [0.15, 0.2) is 54.6 Å². The summed E-state index contributed by atoms with van der Waals surface area (Å²) in [6, 6.07) is 16.5. The highest BCUT2D eigenvalue weighted by atomic mass is 16.3. The molecule has 160 valence electrons. The third kappa shape index (κ3) is 4.28. The van der Waals surface area contributed by atoms with Crippen LogP contribution in [0.3, 0.4) is 0 Å². The van der Waals surface area contributed by atoms with Gasteiger partial charge in [-0.15, -0.1) is 0 Å². The van der Waals surface area contributed by atoms with Gasteiger partial charge in [0.15, 0.2) is 0 Å². The Morgan fingerprint density at radius 3 is 2.58 bits per heavy atom. The van der Waals surface area contributed by atoms with Crippen molar-refractivity contribution in [2.24, 2.45) is 0 Å². The molecule has 2 fully saturated rings. The molecule has 3 amide bonds. The SMILES string of the molecule is CCCC#Cc1ccc([C@H]2[C@H]3CN(C(=O)Nc4ccccc4)CC(=O)N3[C@H]2CO)cc1. The Kier molecular flexibility index (Phi) is 6.24. The molecule has 4 rings (SSSR count).